The average Bonchev–Trinajstić information content (AvgIpc) is 3.11. The summed E-state index contributed by atoms with van der Waals surface area (Å²) in [6.45, 7) is 3.38. The van der Waals surface area contributed by atoms with Gasteiger partial charge in [-0.1, -0.05) is 42.0 Å². The van der Waals surface area contributed by atoms with Gasteiger partial charge < -0.3 is 10.1 Å². The number of nitrogens with zero attached hydrogens (tertiary/aromatic N) is 1. The van der Waals surface area contributed by atoms with Crippen LogP contribution in [0, 0.1) is 13.8 Å². The summed E-state index contributed by atoms with van der Waals surface area (Å²) >= 11 is 0. The molecule has 27 heavy (non-hydrogen) atoms. The number of ether oxygens (including phenoxy) is 1. The second-order valence-electron chi connectivity index (χ2n) is 7.13. The van der Waals surface area contributed by atoms with Crippen molar-refractivity contribution in [2.45, 2.75) is 32.2 Å². The van der Waals surface area contributed by atoms with E-state index in [1.165, 1.54) is 0 Å². The molecule has 1 heterocycles. The molecule has 1 atom stereocenters. The van der Waals surface area contributed by atoms with Crippen LogP contribution in [0.1, 0.15) is 28.7 Å². The number of aryl methyl sites for hydroxylation is 3. The van der Waals surface area contributed by atoms with E-state index in [2.05, 4.69) is 5.32 Å². The Labute approximate surface area is 157 Å². The van der Waals surface area contributed by atoms with Crippen molar-refractivity contribution in [3.05, 3.63) is 64.7 Å². The number of esters is 1. The summed E-state index contributed by atoms with van der Waals surface area (Å²) in [6, 6.07) is 12.5. The number of imide groups is 1. The van der Waals surface area contributed by atoms with Crippen LogP contribution in [-0.2, 0) is 21.5 Å². The molecule has 138 valence electrons. The Hall–Kier alpha value is -3.15. The molecule has 2 aromatic carbocycles. The first-order valence-electron chi connectivity index (χ1n) is 8.91. The van der Waals surface area contributed by atoms with Crippen molar-refractivity contribution in [1.82, 2.24) is 10.2 Å². The van der Waals surface area contributed by atoms with Crippen LogP contribution in [0.3, 0.4) is 0 Å². The number of carbonyl (C=O) groups excluding carboxylic acids is 3. The molecular weight excluding hydrogens is 344 g/mol. The minimum Gasteiger partial charge on any atom is -0.425 e. The molecule has 6 nitrogen and oxygen atoms in total. The zero-order valence-electron chi connectivity index (χ0n) is 15.2. The number of nitrogens with one attached hydrogen (secondary N) is 1. The highest BCUT2D eigenvalue weighted by molar-refractivity contribution is 6.09. The molecular formula is C21H20N2O4. The number of fused-ring (bicyclic) bond motifs is 2. The van der Waals surface area contributed by atoms with Crippen molar-refractivity contribution < 1.29 is 19.1 Å². The zero-order chi connectivity index (χ0) is 19.2. The lowest BCUT2D eigenvalue weighted by atomic mass is 9.92. The Morgan fingerprint density at radius 1 is 1.19 bits per heavy atom. The van der Waals surface area contributed by atoms with E-state index in [-0.39, 0.29) is 0 Å². The fourth-order valence-corrected chi connectivity index (χ4v) is 3.93. The molecule has 2 aromatic rings. The van der Waals surface area contributed by atoms with E-state index < -0.39 is 30.0 Å². The molecule has 0 bridgehead atoms. The van der Waals surface area contributed by atoms with E-state index in [0.29, 0.717) is 18.6 Å². The molecule has 1 fully saturated rings. The maximum atomic E-state index is 13.0. The zero-order valence-corrected chi connectivity index (χ0v) is 15.2. The number of carbonyl (C=O) groups is 3. The van der Waals surface area contributed by atoms with Gasteiger partial charge in [0.2, 0.25) is 0 Å². The highest BCUT2D eigenvalue weighted by Gasteiger charge is 2.55. The molecule has 1 aliphatic heterocycles. The fourth-order valence-electron chi connectivity index (χ4n) is 3.93. The van der Waals surface area contributed by atoms with Gasteiger partial charge in [0.1, 0.15) is 17.8 Å². The number of hydrogen-bond acceptors (Lipinski definition) is 4. The summed E-state index contributed by atoms with van der Waals surface area (Å²) in [5.74, 6) is -0.609. The van der Waals surface area contributed by atoms with Crippen molar-refractivity contribution in [2.24, 2.45) is 0 Å². The quantitative estimate of drug-likeness (QED) is 0.516. The summed E-state index contributed by atoms with van der Waals surface area (Å²) < 4.78 is 5.37. The van der Waals surface area contributed by atoms with E-state index in [4.69, 9.17) is 4.74 Å². The van der Waals surface area contributed by atoms with Crippen molar-refractivity contribution in [2.75, 3.05) is 6.54 Å². The van der Waals surface area contributed by atoms with E-state index in [0.717, 1.165) is 27.2 Å². The van der Waals surface area contributed by atoms with Crippen LogP contribution in [0.25, 0.3) is 0 Å². The highest BCUT2D eigenvalue weighted by atomic mass is 16.5. The molecule has 6 heteroatoms. The predicted molar refractivity (Wildman–Crippen MR) is 98.2 cm³/mol. The molecule has 0 aromatic heterocycles. The first-order chi connectivity index (χ1) is 12.9. The Bertz CT molecular complexity index is 968. The third-order valence-electron chi connectivity index (χ3n) is 5.26. The van der Waals surface area contributed by atoms with Gasteiger partial charge in [0.05, 0.1) is 0 Å². The third-order valence-corrected chi connectivity index (χ3v) is 5.26. The SMILES string of the molecule is Cc1ccc(OC(=O)CN2C(=O)NC3(CCc4ccccc43)C2=O)c(C)c1. The van der Waals surface area contributed by atoms with Gasteiger partial charge in [0.15, 0.2) is 0 Å². The summed E-state index contributed by atoms with van der Waals surface area (Å²) in [7, 11) is 0. The van der Waals surface area contributed by atoms with E-state index in [9.17, 15) is 14.4 Å². The summed E-state index contributed by atoms with van der Waals surface area (Å²) in [6.07, 6.45) is 1.21. The fraction of sp³-hybridized carbons (Fsp3) is 0.286. The first kappa shape index (κ1) is 17.3. The summed E-state index contributed by atoms with van der Waals surface area (Å²) in [5.41, 5.74) is 2.68. The predicted octanol–water partition coefficient (Wildman–Crippen LogP) is 2.60. The molecule has 0 saturated carbocycles. The lowest BCUT2D eigenvalue weighted by molar-refractivity contribution is -0.141. The minimum atomic E-state index is -1.06. The van der Waals surface area contributed by atoms with Gasteiger partial charge in [0, 0.05) is 0 Å². The van der Waals surface area contributed by atoms with E-state index >= 15 is 0 Å². The molecule has 1 aliphatic carbocycles. The number of hydrogen-bond donors (Lipinski definition) is 1. The van der Waals surface area contributed by atoms with Crippen LogP contribution in [0.5, 0.6) is 5.75 Å². The van der Waals surface area contributed by atoms with Crippen LogP contribution in [0.2, 0.25) is 0 Å². The van der Waals surface area contributed by atoms with Gasteiger partial charge >= 0.3 is 12.0 Å². The molecule has 1 unspecified atom stereocenters. The molecule has 1 N–H and O–H groups in total. The number of amides is 3. The Balaban J connectivity index is 1.53. The second kappa shape index (κ2) is 6.23. The maximum Gasteiger partial charge on any atom is 0.331 e. The van der Waals surface area contributed by atoms with Crippen LogP contribution < -0.4 is 10.1 Å². The largest absolute Gasteiger partial charge is 0.425 e. The maximum absolute atomic E-state index is 13.0. The van der Waals surface area contributed by atoms with Crippen molar-refractivity contribution in [3.63, 3.8) is 0 Å². The first-order valence-corrected chi connectivity index (χ1v) is 8.91. The normalized spacial score (nSPS) is 20.7. The monoisotopic (exact) mass is 364 g/mol. The van der Waals surface area contributed by atoms with Gasteiger partial charge in [-0.2, -0.15) is 0 Å². The van der Waals surface area contributed by atoms with Crippen LogP contribution >= 0.6 is 0 Å². The van der Waals surface area contributed by atoms with Crippen LogP contribution in [0.15, 0.2) is 42.5 Å². The minimum absolute atomic E-state index is 0.393. The van der Waals surface area contributed by atoms with Gasteiger partial charge in [-0.15, -0.1) is 0 Å². The standard InChI is InChI=1S/C21H20N2O4/c1-13-7-8-17(14(2)11-13)27-18(24)12-23-19(25)21(22-20(23)26)10-9-15-5-3-4-6-16(15)21/h3-8,11H,9-10,12H2,1-2H3,(H,22,26). The Morgan fingerprint density at radius 2 is 1.96 bits per heavy atom. The average molecular weight is 364 g/mol. The smallest absolute Gasteiger partial charge is 0.331 e. The lowest BCUT2D eigenvalue weighted by Gasteiger charge is -2.22. The van der Waals surface area contributed by atoms with Crippen molar-refractivity contribution in [1.29, 1.82) is 0 Å². The molecule has 1 saturated heterocycles. The number of urea groups is 1. The molecule has 3 amide bonds. The van der Waals surface area contributed by atoms with Crippen LogP contribution in [-0.4, -0.2) is 29.4 Å². The van der Waals surface area contributed by atoms with Crippen molar-refractivity contribution >= 4 is 17.9 Å². The van der Waals surface area contributed by atoms with Crippen LogP contribution in [0.4, 0.5) is 4.79 Å². The van der Waals surface area contributed by atoms with Crippen molar-refractivity contribution in [3.8, 4) is 5.75 Å². The molecule has 2 aliphatic rings. The lowest BCUT2D eigenvalue weighted by Crippen LogP contribution is -2.42. The molecule has 4 rings (SSSR count). The van der Waals surface area contributed by atoms with Gasteiger partial charge in [-0.05, 0) is 49.4 Å². The number of benzene rings is 2. The number of rotatable bonds is 3. The topological polar surface area (TPSA) is 75.7 Å². The van der Waals surface area contributed by atoms with Gasteiger partial charge in [-0.3, -0.25) is 9.69 Å². The Kier molecular flexibility index (Phi) is 3.98. The van der Waals surface area contributed by atoms with E-state index in [1.807, 2.05) is 50.2 Å². The summed E-state index contributed by atoms with van der Waals surface area (Å²) in [4.78, 5) is 38.8. The Morgan fingerprint density at radius 3 is 2.74 bits per heavy atom. The third kappa shape index (κ3) is 2.77. The molecule has 1 spiro atoms. The second-order valence-corrected chi connectivity index (χ2v) is 7.13. The van der Waals surface area contributed by atoms with Gasteiger partial charge in [-0.25, -0.2) is 9.59 Å². The van der Waals surface area contributed by atoms with Gasteiger partial charge in [0.25, 0.3) is 5.91 Å². The molecule has 0 radical (unpaired) electrons. The summed E-state index contributed by atoms with van der Waals surface area (Å²) in [5, 5.41) is 2.80. The van der Waals surface area contributed by atoms with E-state index in [1.54, 1.807) is 6.07 Å². The highest BCUT2D eigenvalue weighted by Crippen LogP contribution is 2.41.